The first-order valence-corrected chi connectivity index (χ1v) is 5.06. The highest BCUT2D eigenvalue weighted by atomic mass is 32.1. The summed E-state index contributed by atoms with van der Waals surface area (Å²) < 4.78 is 0. The molecule has 0 aromatic heterocycles. The number of hydrogen-bond donors (Lipinski definition) is 1. The van der Waals surface area contributed by atoms with Crippen LogP contribution < -0.4 is 0 Å². The first kappa shape index (κ1) is 9.44. The molecule has 0 amide bonds. The third-order valence-corrected chi connectivity index (χ3v) is 4.52. The minimum atomic E-state index is 0.435. The molecule has 1 fully saturated rings. The van der Waals surface area contributed by atoms with Crippen LogP contribution in [-0.2, 0) is 0 Å². The number of hydrogen-bond acceptors (Lipinski definition) is 1. The average Bonchev–Trinajstić information content (AvgIpc) is 1.82. The van der Waals surface area contributed by atoms with Crippen molar-refractivity contribution < 1.29 is 0 Å². The van der Waals surface area contributed by atoms with Gasteiger partial charge in [-0.05, 0) is 23.7 Å². The molecule has 0 N–H and O–H groups in total. The zero-order valence-electron chi connectivity index (χ0n) is 8.15. The Morgan fingerprint density at radius 1 is 1.00 bits per heavy atom. The molecule has 1 aliphatic rings. The van der Waals surface area contributed by atoms with Gasteiger partial charge < -0.3 is 0 Å². The Kier molecular flexibility index (Phi) is 2.31. The summed E-state index contributed by atoms with van der Waals surface area (Å²) in [7, 11) is 0. The van der Waals surface area contributed by atoms with Crippen LogP contribution in [0.2, 0.25) is 0 Å². The maximum Gasteiger partial charge on any atom is 0.0119 e. The van der Waals surface area contributed by atoms with E-state index in [4.69, 9.17) is 12.6 Å². The second-order valence-electron chi connectivity index (χ2n) is 5.23. The van der Waals surface area contributed by atoms with Gasteiger partial charge in [-0.3, -0.25) is 0 Å². The molecule has 66 valence electrons. The van der Waals surface area contributed by atoms with E-state index >= 15 is 0 Å². The van der Waals surface area contributed by atoms with Crippen molar-refractivity contribution in [1.29, 1.82) is 0 Å². The van der Waals surface area contributed by atoms with Crippen LogP contribution in [0.15, 0.2) is 0 Å². The summed E-state index contributed by atoms with van der Waals surface area (Å²) in [6.07, 6.45) is 4.05. The highest BCUT2D eigenvalue weighted by molar-refractivity contribution is 7.81. The topological polar surface area (TPSA) is 0 Å². The van der Waals surface area contributed by atoms with Gasteiger partial charge in [0.25, 0.3) is 0 Å². The van der Waals surface area contributed by atoms with Crippen molar-refractivity contribution in [3.8, 4) is 0 Å². The van der Waals surface area contributed by atoms with E-state index in [9.17, 15) is 0 Å². The minimum absolute atomic E-state index is 0.435. The molecule has 0 saturated heterocycles. The summed E-state index contributed by atoms with van der Waals surface area (Å²) in [4.78, 5) is 0. The van der Waals surface area contributed by atoms with Crippen LogP contribution in [0.4, 0.5) is 0 Å². The second kappa shape index (κ2) is 2.69. The van der Waals surface area contributed by atoms with Crippen molar-refractivity contribution in [2.24, 2.45) is 10.8 Å². The van der Waals surface area contributed by atoms with Crippen molar-refractivity contribution in [2.45, 2.75) is 52.2 Å². The number of rotatable bonds is 0. The van der Waals surface area contributed by atoms with Gasteiger partial charge in [-0.2, -0.15) is 12.6 Å². The van der Waals surface area contributed by atoms with Gasteiger partial charge in [-0.1, -0.05) is 34.1 Å². The lowest BCUT2D eigenvalue weighted by molar-refractivity contribution is 0.130. The average molecular weight is 172 g/mol. The first-order valence-electron chi connectivity index (χ1n) is 4.54. The van der Waals surface area contributed by atoms with Crippen LogP contribution in [-0.4, -0.2) is 5.25 Å². The predicted molar refractivity (Wildman–Crippen MR) is 54.2 cm³/mol. The Morgan fingerprint density at radius 3 is 1.64 bits per heavy atom. The summed E-state index contributed by atoms with van der Waals surface area (Å²) in [6, 6.07) is 0. The molecule has 0 unspecified atom stereocenters. The van der Waals surface area contributed by atoms with Gasteiger partial charge in [0.15, 0.2) is 0 Å². The van der Waals surface area contributed by atoms with Crippen molar-refractivity contribution in [3.05, 3.63) is 0 Å². The summed E-state index contributed by atoms with van der Waals surface area (Å²) in [5.41, 5.74) is 0.871. The van der Waals surface area contributed by atoms with E-state index in [0.717, 1.165) is 0 Å². The third-order valence-electron chi connectivity index (χ3n) is 3.12. The molecule has 0 aromatic rings. The fraction of sp³-hybridized carbons (Fsp3) is 1.00. The molecule has 0 atom stereocenters. The lowest BCUT2D eigenvalue weighted by Gasteiger charge is -2.46. The maximum atomic E-state index is 4.72. The molecule has 0 spiro atoms. The first-order chi connectivity index (χ1) is 4.86. The van der Waals surface area contributed by atoms with Crippen molar-refractivity contribution in [1.82, 2.24) is 0 Å². The van der Waals surface area contributed by atoms with Crippen LogP contribution in [0.1, 0.15) is 47.0 Å². The fourth-order valence-corrected chi connectivity index (χ4v) is 2.59. The quantitative estimate of drug-likeness (QED) is 0.531. The molecule has 0 radical (unpaired) electrons. The van der Waals surface area contributed by atoms with Crippen LogP contribution in [0.5, 0.6) is 0 Å². The van der Waals surface area contributed by atoms with Crippen LogP contribution in [0, 0.1) is 10.8 Å². The Labute approximate surface area is 76.2 Å². The zero-order chi connectivity index (χ0) is 8.70. The van der Waals surface area contributed by atoms with E-state index in [0.29, 0.717) is 16.1 Å². The van der Waals surface area contributed by atoms with E-state index < -0.39 is 0 Å². The molecular formula is C10H20S. The summed E-state index contributed by atoms with van der Waals surface area (Å²) in [5.74, 6) is 0. The molecule has 1 aliphatic carbocycles. The summed E-state index contributed by atoms with van der Waals surface area (Å²) >= 11 is 4.72. The van der Waals surface area contributed by atoms with Crippen molar-refractivity contribution in [3.63, 3.8) is 0 Å². The summed E-state index contributed by atoms with van der Waals surface area (Å²) in [5, 5.41) is 0.559. The fourth-order valence-electron chi connectivity index (χ4n) is 2.33. The van der Waals surface area contributed by atoms with Gasteiger partial charge in [0, 0.05) is 5.25 Å². The zero-order valence-corrected chi connectivity index (χ0v) is 9.04. The molecule has 0 heterocycles. The molecule has 0 aliphatic heterocycles. The molecule has 0 bridgehead atoms. The summed E-state index contributed by atoms with van der Waals surface area (Å²) in [6.45, 7) is 9.36. The Bertz CT molecular complexity index is 131. The molecule has 0 nitrogen and oxygen atoms in total. The van der Waals surface area contributed by atoms with Crippen LogP contribution >= 0.6 is 12.6 Å². The maximum absolute atomic E-state index is 4.72. The molecule has 0 aromatic carbocycles. The predicted octanol–water partition coefficient (Wildman–Crippen LogP) is 3.52. The SMILES string of the molecule is CC1(C)CCCC(C)(C)C1S. The molecule has 1 saturated carbocycles. The van der Waals surface area contributed by atoms with E-state index in [1.54, 1.807) is 0 Å². The van der Waals surface area contributed by atoms with E-state index in [1.165, 1.54) is 19.3 Å². The molecule has 11 heavy (non-hydrogen) atoms. The lowest BCUT2D eigenvalue weighted by Crippen LogP contribution is -2.41. The molecular weight excluding hydrogens is 152 g/mol. The van der Waals surface area contributed by atoms with Crippen LogP contribution in [0.3, 0.4) is 0 Å². The minimum Gasteiger partial charge on any atom is -0.175 e. The third kappa shape index (κ3) is 1.74. The number of thiol groups is 1. The van der Waals surface area contributed by atoms with E-state index in [1.807, 2.05) is 0 Å². The van der Waals surface area contributed by atoms with Gasteiger partial charge in [0.05, 0.1) is 0 Å². The van der Waals surface area contributed by atoms with Gasteiger partial charge in [0.2, 0.25) is 0 Å². The molecule has 1 heteroatoms. The second-order valence-corrected chi connectivity index (χ2v) is 5.75. The molecule has 1 rings (SSSR count). The van der Waals surface area contributed by atoms with Crippen LogP contribution in [0.25, 0.3) is 0 Å². The van der Waals surface area contributed by atoms with Crippen molar-refractivity contribution >= 4 is 12.6 Å². The smallest absolute Gasteiger partial charge is 0.0119 e. The van der Waals surface area contributed by atoms with Gasteiger partial charge in [-0.15, -0.1) is 0 Å². The van der Waals surface area contributed by atoms with Gasteiger partial charge in [0.1, 0.15) is 0 Å². The van der Waals surface area contributed by atoms with E-state index in [2.05, 4.69) is 27.7 Å². The van der Waals surface area contributed by atoms with Gasteiger partial charge in [-0.25, -0.2) is 0 Å². The van der Waals surface area contributed by atoms with Gasteiger partial charge >= 0.3 is 0 Å². The lowest BCUT2D eigenvalue weighted by atomic mass is 9.65. The highest BCUT2D eigenvalue weighted by Gasteiger charge is 2.41. The standard InChI is InChI=1S/C10H20S/c1-9(2)6-5-7-10(3,4)8(9)11/h8,11H,5-7H2,1-4H3. The normalized spacial score (nSPS) is 30.3. The Hall–Kier alpha value is 0.350. The highest BCUT2D eigenvalue weighted by Crippen LogP contribution is 2.48. The largest absolute Gasteiger partial charge is 0.175 e. The Morgan fingerprint density at radius 2 is 1.36 bits per heavy atom. The Balaban J connectivity index is 2.76. The van der Waals surface area contributed by atoms with Crippen molar-refractivity contribution in [2.75, 3.05) is 0 Å². The monoisotopic (exact) mass is 172 g/mol. The van der Waals surface area contributed by atoms with E-state index in [-0.39, 0.29) is 0 Å².